The van der Waals surface area contributed by atoms with Crippen molar-refractivity contribution < 1.29 is 9.18 Å². The van der Waals surface area contributed by atoms with Crippen molar-refractivity contribution in [2.24, 2.45) is 0 Å². The van der Waals surface area contributed by atoms with Crippen LogP contribution in [0.3, 0.4) is 0 Å². The van der Waals surface area contributed by atoms with Gasteiger partial charge in [-0.25, -0.2) is 4.39 Å². The lowest BCUT2D eigenvalue weighted by Crippen LogP contribution is -2.02. The van der Waals surface area contributed by atoms with E-state index in [4.69, 9.17) is 0 Å². The summed E-state index contributed by atoms with van der Waals surface area (Å²) >= 11 is 1.62. The van der Waals surface area contributed by atoms with Gasteiger partial charge in [0.05, 0.1) is 4.88 Å². The molecular formula is C17H17FOS. The molecule has 1 aromatic carbocycles. The lowest BCUT2D eigenvalue weighted by Gasteiger charge is -2.03. The van der Waals surface area contributed by atoms with Crippen molar-refractivity contribution >= 4 is 17.1 Å². The van der Waals surface area contributed by atoms with E-state index in [1.165, 1.54) is 41.8 Å². The molecule has 0 atom stereocenters. The maximum absolute atomic E-state index is 13.1. The Balaban J connectivity index is 1.94. The maximum Gasteiger partial charge on any atom is 0.203 e. The molecule has 0 saturated carbocycles. The number of hydrogen-bond acceptors (Lipinski definition) is 2. The van der Waals surface area contributed by atoms with Gasteiger partial charge in [0.25, 0.3) is 0 Å². The standard InChI is InChI=1S/C17H17FOS/c1-11-9-13(18)7-8-14(11)17(19)16-10-12-5-3-2-4-6-15(12)20-16/h7-10H,2-6H2,1H3. The average Bonchev–Trinajstić information content (AvgIpc) is 2.69. The van der Waals surface area contributed by atoms with E-state index < -0.39 is 0 Å². The molecule has 20 heavy (non-hydrogen) atoms. The van der Waals surface area contributed by atoms with Crippen LogP contribution in [0, 0.1) is 12.7 Å². The molecule has 1 nitrogen and oxygen atoms in total. The maximum atomic E-state index is 13.1. The van der Waals surface area contributed by atoms with Crippen LogP contribution >= 0.6 is 11.3 Å². The van der Waals surface area contributed by atoms with E-state index >= 15 is 0 Å². The lowest BCUT2D eigenvalue weighted by atomic mass is 10.0. The normalized spacial score (nSPS) is 14.7. The van der Waals surface area contributed by atoms with Gasteiger partial charge in [-0.15, -0.1) is 11.3 Å². The number of fused-ring (bicyclic) bond motifs is 1. The molecule has 1 heterocycles. The van der Waals surface area contributed by atoms with Crippen LogP contribution in [0.15, 0.2) is 24.3 Å². The van der Waals surface area contributed by atoms with Gasteiger partial charge in [0.15, 0.2) is 0 Å². The number of hydrogen-bond donors (Lipinski definition) is 0. The molecule has 1 aliphatic carbocycles. The van der Waals surface area contributed by atoms with E-state index in [2.05, 4.69) is 6.07 Å². The second kappa shape index (κ2) is 5.49. The van der Waals surface area contributed by atoms with Gasteiger partial charge in [-0.2, -0.15) is 0 Å². The molecular weight excluding hydrogens is 271 g/mol. The molecule has 3 heteroatoms. The Morgan fingerprint density at radius 2 is 1.95 bits per heavy atom. The van der Waals surface area contributed by atoms with Crippen LogP contribution in [-0.2, 0) is 12.8 Å². The molecule has 0 amide bonds. The summed E-state index contributed by atoms with van der Waals surface area (Å²) in [6, 6.07) is 6.43. The summed E-state index contributed by atoms with van der Waals surface area (Å²) in [5.74, 6) is -0.262. The quantitative estimate of drug-likeness (QED) is 0.578. The van der Waals surface area contributed by atoms with Crippen LogP contribution in [0.25, 0.3) is 0 Å². The van der Waals surface area contributed by atoms with E-state index in [1.807, 2.05) is 0 Å². The van der Waals surface area contributed by atoms with E-state index in [0.717, 1.165) is 17.7 Å². The van der Waals surface area contributed by atoms with Gasteiger partial charge in [-0.1, -0.05) is 6.42 Å². The van der Waals surface area contributed by atoms with E-state index in [0.29, 0.717) is 11.1 Å². The summed E-state index contributed by atoms with van der Waals surface area (Å²) in [5.41, 5.74) is 2.66. The minimum atomic E-state index is -0.291. The van der Waals surface area contributed by atoms with Crippen LogP contribution in [0.5, 0.6) is 0 Å². The van der Waals surface area contributed by atoms with Crippen LogP contribution in [-0.4, -0.2) is 5.78 Å². The van der Waals surface area contributed by atoms with Crippen LogP contribution < -0.4 is 0 Å². The zero-order valence-electron chi connectivity index (χ0n) is 11.5. The third-order valence-corrected chi connectivity index (χ3v) is 5.14. The minimum Gasteiger partial charge on any atom is -0.288 e. The van der Waals surface area contributed by atoms with Gasteiger partial charge in [0, 0.05) is 10.4 Å². The number of carbonyl (C=O) groups excluding carboxylic acids is 1. The fourth-order valence-corrected chi connectivity index (χ4v) is 4.00. The van der Waals surface area contributed by atoms with Crippen molar-refractivity contribution in [3.05, 3.63) is 56.5 Å². The zero-order valence-corrected chi connectivity index (χ0v) is 12.4. The Morgan fingerprint density at radius 1 is 1.15 bits per heavy atom. The van der Waals surface area contributed by atoms with Gasteiger partial charge in [-0.3, -0.25) is 4.79 Å². The predicted octanol–water partition coefficient (Wildman–Crippen LogP) is 4.70. The Kier molecular flexibility index (Phi) is 3.70. The number of benzene rings is 1. The molecule has 0 unspecified atom stereocenters. The van der Waals surface area contributed by atoms with Crippen LogP contribution in [0.2, 0.25) is 0 Å². The third-order valence-electron chi connectivity index (χ3n) is 3.90. The Bertz CT molecular complexity index is 634. The molecule has 0 radical (unpaired) electrons. The van der Waals surface area contributed by atoms with Crippen LogP contribution in [0.4, 0.5) is 4.39 Å². The highest BCUT2D eigenvalue weighted by Gasteiger charge is 2.18. The second-order valence-electron chi connectivity index (χ2n) is 5.41. The zero-order chi connectivity index (χ0) is 14.1. The van der Waals surface area contributed by atoms with Gasteiger partial charge >= 0.3 is 0 Å². The number of halogens is 1. The molecule has 2 aromatic rings. The summed E-state index contributed by atoms with van der Waals surface area (Å²) in [5, 5.41) is 0. The molecule has 0 aliphatic heterocycles. The second-order valence-corrected chi connectivity index (χ2v) is 6.54. The van der Waals surface area contributed by atoms with Crippen molar-refractivity contribution in [1.82, 2.24) is 0 Å². The Labute approximate surface area is 122 Å². The highest BCUT2D eigenvalue weighted by Crippen LogP contribution is 2.30. The molecule has 1 aromatic heterocycles. The SMILES string of the molecule is Cc1cc(F)ccc1C(=O)c1cc2c(s1)CCCCC2. The molecule has 0 spiro atoms. The summed E-state index contributed by atoms with van der Waals surface area (Å²) in [7, 11) is 0. The molecule has 0 fully saturated rings. The first kappa shape index (κ1) is 13.5. The molecule has 1 aliphatic rings. The first-order valence-corrected chi connectivity index (χ1v) is 7.89. The number of rotatable bonds is 2. The summed E-state index contributed by atoms with van der Waals surface area (Å²) in [6.45, 7) is 1.79. The minimum absolute atomic E-state index is 0.0283. The van der Waals surface area contributed by atoms with Crippen molar-refractivity contribution in [1.29, 1.82) is 0 Å². The smallest absolute Gasteiger partial charge is 0.203 e. The number of ketones is 1. The average molecular weight is 288 g/mol. The molecule has 0 bridgehead atoms. The predicted molar refractivity (Wildman–Crippen MR) is 80.1 cm³/mol. The Hall–Kier alpha value is -1.48. The summed E-state index contributed by atoms with van der Waals surface area (Å²) < 4.78 is 13.1. The highest BCUT2D eigenvalue weighted by molar-refractivity contribution is 7.14. The molecule has 104 valence electrons. The lowest BCUT2D eigenvalue weighted by molar-refractivity contribution is 0.104. The topological polar surface area (TPSA) is 17.1 Å². The number of aryl methyl sites for hydroxylation is 3. The monoisotopic (exact) mass is 288 g/mol. The van der Waals surface area contributed by atoms with Crippen molar-refractivity contribution in [3.8, 4) is 0 Å². The highest BCUT2D eigenvalue weighted by atomic mass is 32.1. The van der Waals surface area contributed by atoms with Crippen molar-refractivity contribution in [2.75, 3.05) is 0 Å². The van der Waals surface area contributed by atoms with E-state index in [9.17, 15) is 9.18 Å². The fraction of sp³-hybridized carbons (Fsp3) is 0.353. The largest absolute Gasteiger partial charge is 0.288 e. The molecule has 3 rings (SSSR count). The first-order valence-electron chi connectivity index (χ1n) is 7.07. The summed E-state index contributed by atoms with van der Waals surface area (Å²) in [6.07, 6.45) is 5.89. The molecule has 0 saturated heterocycles. The van der Waals surface area contributed by atoms with Crippen molar-refractivity contribution in [2.45, 2.75) is 39.0 Å². The number of carbonyl (C=O) groups is 1. The van der Waals surface area contributed by atoms with E-state index in [-0.39, 0.29) is 11.6 Å². The summed E-state index contributed by atoms with van der Waals surface area (Å²) in [4.78, 5) is 14.7. The molecule has 0 N–H and O–H groups in total. The van der Waals surface area contributed by atoms with Crippen LogP contribution in [0.1, 0.15) is 50.5 Å². The van der Waals surface area contributed by atoms with Gasteiger partial charge in [0.2, 0.25) is 5.78 Å². The van der Waals surface area contributed by atoms with Gasteiger partial charge in [0.1, 0.15) is 5.82 Å². The Morgan fingerprint density at radius 3 is 2.75 bits per heavy atom. The van der Waals surface area contributed by atoms with Gasteiger partial charge < -0.3 is 0 Å². The fourth-order valence-electron chi connectivity index (χ4n) is 2.79. The van der Waals surface area contributed by atoms with Crippen molar-refractivity contribution in [3.63, 3.8) is 0 Å². The third kappa shape index (κ3) is 2.55. The first-order chi connectivity index (χ1) is 9.65. The van der Waals surface area contributed by atoms with E-state index in [1.54, 1.807) is 24.3 Å². The van der Waals surface area contributed by atoms with Gasteiger partial charge in [-0.05, 0) is 68.0 Å². The number of thiophene rings is 1.